The first-order valence-electron chi connectivity index (χ1n) is 6.06. The van der Waals surface area contributed by atoms with Crippen LogP contribution in [0.2, 0.25) is 13.6 Å². The topological polar surface area (TPSA) is 0 Å². The zero-order valence-electron chi connectivity index (χ0n) is 11.8. The van der Waals surface area contributed by atoms with E-state index in [9.17, 15) is 0 Å². The second-order valence-electron chi connectivity index (χ2n) is 3.13. The van der Waals surface area contributed by atoms with Crippen LogP contribution in [0.3, 0.4) is 0 Å². The van der Waals surface area contributed by atoms with Gasteiger partial charge in [-0.05, 0) is 0 Å². The fraction of sp³-hybridized carbons (Fsp3) is 0.250. The molecule has 0 saturated heterocycles. The fourth-order valence-corrected chi connectivity index (χ4v) is 1.12. The summed E-state index contributed by atoms with van der Waals surface area (Å²) in [6, 6.07) is 22.1. The first-order chi connectivity index (χ1) is 8.38. The summed E-state index contributed by atoms with van der Waals surface area (Å²) in [5.41, 5.74) is 2.19. The van der Waals surface area contributed by atoms with Gasteiger partial charge < -0.3 is 0 Å². The molecule has 0 bridgehead atoms. The van der Waals surface area contributed by atoms with E-state index in [1.165, 1.54) is 0 Å². The van der Waals surface area contributed by atoms with Crippen molar-refractivity contribution in [2.75, 3.05) is 0 Å². The first-order valence-corrected chi connectivity index (χ1v) is 6.06. The maximum absolute atomic E-state index is 3.15. The summed E-state index contributed by atoms with van der Waals surface area (Å²) in [5, 5.41) is 0. The Hall–Kier alpha value is -0.391. The van der Waals surface area contributed by atoms with Crippen molar-refractivity contribution in [3.8, 4) is 11.1 Å². The van der Waals surface area contributed by atoms with Gasteiger partial charge in [0.25, 0.3) is 0 Å². The molecule has 2 aromatic rings. The summed E-state index contributed by atoms with van der Waals surface area (Å²) in [7, 11) is 2.00. The summed E-state index contributed by atoms with van der Waals surface area (Å²) in [6.45, 7) is 8.00. The Labute approximate surface area is 138 Å². The van der Waals surface area contributed by atoms with Crippen LogP contribution in [0.25, 0.3) is 11.1 Å². The van der Waals surface area contributed by atoms with E-state index in [4.69, 9.17) is 0 Å². The summed E-state index contributed by atoms with van der Waals surface area (Å²) < 4.78 is 0. The predicted molar refractivity (Wildman–Crippen MR) is 78.4 cm³/mol. The van der Waals surface area contributed by atoms with Gasteiger partial charge in [0, 0.05) is 32.7 Å². The minimum Gasteiger partial charge on any atom is -0.226 e. The van der Waals surface area contributed by atoms with E-state index in [-0.39, 0.29) is 32.7 Å². The molecule has 92 valence electrons. The predicted octanol–water partition coefficient (Wildman–Crippen LogP) is 4.76. The average molecular weight is 312 g/mol. The third-order valence-electron chi connectivity index (χ3n) is 1.71. The number of rotatable bonds is 1. The molecule has 0 N–H and O–H groups in total. The van der Waals surface area contributed by atoms with Gasteiger partial charge in [0.15, 0.2) is 0 Å². The van der Waals surface area contributed by atoms with E-state index in [1.54, 1.807) is 0 Å². The molecule has 0 heterocycles. The largest absolute Gasteiger partial charge is 0.226 e. The molecule has 2 rings (SSSR count). The van der Waals surface area contributed by atoms with Gasteiger partial charge in [0.1, 0.15) is 7.28 Å². The molecule has 0 nitrogen and oxygen atoms in total. The molecular formula is C16H20BY-2. The number of hydrogen-bond acceptors (Lipinski definition) is 0. The Balaban J connectivity index is 0. The summed E-state index contributed by atoms with van der Waals surface area (Å²) >= 11 is 0. The monoisotopic (exact) mass is 312 g/mol. The second-order valence-corrected chi connectivity index (χ2v) is 3.13. The van der Waals surface area contributed by atoms with Crippen molar-refractivity contribution in [3.05, 3.63) is 60.7 Å². The van der Waals surface area contributed by atoms with Gasteiger partial charge in [0.2, 0.25) is 0 Å². The van der Waals surface area contributed by atoms with Gasteiger partial charge in [-0.25, -0.2) is 11.1 Å². The molecule has 0 aromatic heterocycles. The molecule has 0 amide bonds. The molecule has 0 aliphatic heterocycles. The van der Waals surface area contributed by atoms with E-state index in [2.05, 4.69) is 12.1 Å². The van der Waals surface area contributed by atoms with Gasteiger partial charge >= 0.3 is 0 Å². The standard InChI is InChI=1S/C12H8.C2H6B.C2H6.Y/c1-3-7-11(8-4-1)12-9-5-2-6-10-12;1-3-2;1-2;/h1-7,9H;1-2H3;1-2H3;/q-2;;;. The van der Waals surface area contributed by atoms with Crippen LogP contribution >= 0.6 is 0 Å². The molecule has 0 fully saturated rings. The van der Waals surface area contributed by atoms with Crippen molar-refractivity contribution < 1.29 is 32.7 Å². The normalized spacial score (nSPS) is 7.56. The van der Waals surface area contributed by atoms with E-state index < -0.39 is 0 Å². The SMILES string of the molecule is CC.C[B]C.[Y].[c-]1ccccc1-c1[c-]cccc1. The van der Waals surface area contributed by atoms with Crippen LogP contribution in [0.15, 0.2) is 48.5 Å². The zero-order chi connectivity index (χ0) is 12.9. The molecule has 0 saturated carbocycles. The summed E-state index contributed by atoms with van der Waals surface area (Å²) in [6.07, 6.45) is 0. The molecular weight excluding hydrogens is 292 g/mol. The van der Waals surface area contributed by atoms with Crippen LogP contribution in [0, 0.1) is 12.1 Å². The van der Waals surface area contributed by atoms with Crippen molar-refractivity contribution in [2.45, 2.75) is 27.5 Å². The second kappa shape index (κ2) is 14.7. The van der Waals surface area contributed by atoms with E-state index in [0.29, 0.717) is 0 Å². The molecule has 18 heavy (non-hydrogen) atoms. The Morgan fingerprint density at radius 2 is 1.11 bits per heavy atom. The third-order valence-corrected chi connectivity index (χ3v) is 1.71. The van der Waals surface area contributed by atoms with Crippen molar-refractivity contribution in [1.29, 1.82) is 0 Å². The van der Waals surface area contributed by atoms with Gasteiger partial charge in [-0.2, -0.15) is 48.5 Å². The number of benzene rings is 2. The van der Waals surface area contributed by atoms with Crippen LogP contribution in [0.5, 0.6) is 0 Å². The molecule has 0 spiro atoms. The third kappa shape index (κ3) is 8.66. The molecule has 2 aromatic carbocycles. The summed E-state index contributed by atoms with van der Waals surface area (Å²) in [5.74, 6) is 0. The van der Waals surface area contributed by atoms with Gasteiger partial charge in [0.05, 0.1) is 0 Å². The smallest absolute Gasteiger partial charge is 0.102 e. The molecule has 2 radical (unpaired) electrons. The average Bonchev–Trinajstić information content (AvgIpc) is 2.44. The molecule has 2 heteroatoms. The molecule has 0 atom stereocenters. The van der Waals surface area contributed by atoms with E-state index >= 15 is 0 Å². The van der Waals surface area contributed by atoms with Crippen molar-refractivity contribution in [2.24, 2.45) is 0 Å². The Morgan fingerprint density at radius 3 is 1.33 bits per heavy atom. The van der Waals surface area contributed by atoms with E-state index in [0.717, 1.165) is 11.1 Å². The first kappa shape index (κ1) is 19.9. The molecule has 0 unspecified atom stereocenters. The quantitative estimate of drug-likeness (QED) is 0.526. The summed E-state index contributed by atoms with van der Waals surface area (Å²) in [4.78, 5) is 0. The van der Waals surface area contributed by atoms with Gasteiger partial charge in [-0.3, -0.25) is 0 Å². The van der Waals surface area contributed by atoms with Crippen LogP contribution < -0.4 is 0 Å². The fourth-order valence-electron chi connectivity index (χ4n) is 1.12. The van der Waals surface area contributed by atoms with Crippen LogP contribution in [-0.4, -0.2) is 7.28 Å². The minimum atomic E-state index is 0. The van der Waals surface area contributed by atoms with Crippen LogP contribution in [-0.2, 0) is 32.7 Å². The van der Waals surface area contributed by atoms with Crippen LogP contribution in [0.4, 0.5) is 0 Å². The Morgan fingerprint density at radius 1 is 0.778 bits per heavy atom. The Bertz CT molecular complexity index is 322. The van der Waals surface area contributed by atoms with E-state index in [1.807, 2.05) is 83.3 Å². The molecule has 0 aliphatic carbocycles. The molecule has 0 aliphatic rings. The number of hydrogen-bond donors (Lipinski definition) is 0. The van der Waals surface area contributed by atoms with Crippen LogP contribution in [0.1, 0.15) is 13.8 Å². The van der Waals surface area contributed by atoms with Gasteiger partial charge in [-0.15, -0.1) is 12.1 Å². The Kier molecular flexibility index (Phi) is 16.2. The van der Waals surface area contributed by atoms with Gasteiger partial charge in [-0.1, -0.05) is 27.5 Å². The maximum Gasteiger partial charge on any atom is 0.102 e. The maximum atomic E-state index is 3.15. The van der Waals surface area contributed by atoms with Crippen molar-refractivity contribution in [1.82, 2.24) is 0 Å². The van der Waals surface area contributed by atoms with Crippen molar-refractivity contribution >= 4 is 7.28 Å². The van der Waals surface area contributed by atoms with Crippen molar-refractivity contribution in [3.63, 3.8) is 0 Å². The zero-order valence-corrected chi connectivity index (χ0v) is 14.6. The minimum absolute atomic E-state index is 0.